The zero-order valence-corrected chi connectivity index (χ0v) is 10.2. The Hall–Kier alpha value is -1.97. The summed E-state index contributed by atoms with van der Waals surface area (Å²) in [7, 11) is 2.01. The van der Waals surface area contributed by atoms with Crippen LogP contribution in [0.4, 0.5) is 5.69 Å². The lowest BCUT2D eigenvalue weighted by molar-refractivity contribution is 0.328. The number of nitrogens with one attached hydrogen (secondary N) is 1. The lowest BCUT2D eigenvalue weighted by Gasteiger charge is -2.10. The number of hydrogen-bond donors (Lipinski definition) is 1. The number of aryl methyl sites for hydroxylation is 1. The molecule has 0 fully saturated rings. The minimum atomic E-state index is 0.622. The fraction of sp³-hybridized carbons (Fsp3) is 0.308. The summed E-state index contributed by atoms with van der Waals surface area (Å²) in [4.78, 5) is 4.20. The van der Waals surface area contributed by atoms with Gasteiger partial charge in [0, 0.05) is 32.2 Å². The number of aromatic nitrogens is 2. The maximum absolute atomic E-state index is 5.45. The van der Waals surface area contributed by atoms with E-state index in [2.05, 4.69) is 22.6 Å². The number of pyridine rings is 1. The molecule has 0 aromatic carbocycles. The van der Waals surface area contributed by atoms with Crippen LogP contribution in [0, 0.1) is 0 Å². The van der Waals surface area contributed by atoms with E-state index in [9.17, 15) is 0 Å². The molecule has 90 valence electrons. The SMILES string of the molecule is CCOc1ncccc1NCc1ccn(C)c1. The van der Waals surface area contributed by atoms with Crippen molar-refractivity contribution in [2.75, 3.05) is 11.9 Å². The lowest BCUT2D eigenvalue weighted by Crippen LogP contribution is -2.03. The largest absolute Gasteiger partial charge is 0.476 e. The Balaban J connectivity index is 2.03. The van der Waals surface area contributed by atoms with Crippen molar-refractivity contribution >= 4 is 5.69 Å². The van der Waals surface area contributed by atoms with Gasteiger partial charge in [-0.1, -0.05) is 0 Å². The Morgan fingerprint density at radius 2 is 2.29 bits per heavy atom. The van der Waals surface area contributed by atoms with Gasteiger partial charge >= 0.3 is 0 Å². The Bertz CT molecular complexity index is 479. The van der Waals surface area contributed by atoms with Gasteiger partial charge in [0.15, 0.2) is 0 Å². The fourth-order valence-electron chi connectivity index (χ4n) is 1.64. The molecule has 0 radical (unpaired) electrons. The quantitative estimate of drug-likeness (QED) is 0.859. The molecule has 0 aliphatic heterocycles. The second-order valence-electron chi connectivity index (χ2n) is 3.83. The number of rotatable bonds is 5. The Kier molecular flexibility index (Phi) is 3.65. The molecule has 0 aliphatic carbocycles. The van der Waals surface area contributed by atoms with E-state index in [1.165, 1.54) is 5.56 Å². The molecule has 0 aliphatic rings. The molecule has 4 heteroatoms. The zero-order valence-electron chi connectivity index (χ0n) is 10.2. The third kappa shape index (κ3) is 3.00. The fourth-order valence-corrected chi connectivity index (χ4v) is 1.64. The van der Waals surface area contributed by atoms with Crippen LogP contribution in [0.15, 0.2) is 36.8 Å². The third-order valence-corrected chi connectivity index (χ3v) is 2.43. The van der Waals surface area contributed by atoms with Gasteiger partial charge in [-0.2, -0.15) is 0 Å². The smallest absolute Gasteiger partial charge is 0.237 e. The lowest BCUT2D eigenvalue weighted by atomic mass is 10.3. The zero-order chi connectivity index (χ0) is 12.1. The van der Waals surface area contributed by atoms with Gasteiger partial charge in [0.05, 0.1) is 12.3 Å². The van der Waals surface area contributed by atoms with E-state index in [1.54, 1.807) is 6.20 Å². The predicted molar refractivity (Wildman–Crippen MR) is 68.1 cm³/mol. The third-order valence-electron chi connectivity index (χ3n) is 2.43. The van der Waals surface area contributed by atoms with Gasteiger partial charge in [-0.3, -0.25) is 0 Å². The van der Waals surface area contributed by atoms with E-state index >= 15 is 0 Å². The summed E-state index contributed by atoms with van der Waals surface area (Å²) in [6.07, 6.45) is 5.85. The summed E-state index contributed by atoms with van der Waals surface area (Å²) in [5, 5.41) is 3.33. The van der Waals surface area contributed by atoms with E-state index < -0.39 is 0 Å². The van der Waals surface area contributed by atoms with Crippen molar-refractivity contribution in [1.82, 2.24) is 9.55 Å². The van der Waals surface area contributed by atoms with E-state index in [0.29, 0.717) is 12.5 Å². The summed E-state index contributed by atoms with van der Waals surface area (Å²) in [6, 6.07) is 5.96. The van der Waals surface area contributed by atoms with Crippen molar-refractivity contribution in [3.05, 3.63) is 42.4 Å². The molecule has 0 saturated carbocycles. The van der Waals surface area contributed by atoms with Crippen LogP contribution in [-0.2, 0) is 13.6 Å². The molecule has 0 spiro atoms. The number of ether oxygens (including phenoxy) is 1. The Labute approximate surface area is 101 Å². The van der Waals surface area contributed by atoms with E-state index in [4.69, 9.17) is 4.74 Å². The highest BCUT2D eigenvalue weighted by molar-refractivity contribution is 5.52. The average Bonchev–Trinajstić information content (AvgIpc) is 2.74. The van der Waals surface area contributed by atoms with E-state index in [1.807, 2.05) is 36.9 Å². The molecule has 1 N–H and O–H groups in total. The van der Waals surface area contributed by atoms with Gasteiger partial charge in [-0.25, -0.2) is 4.98 Å². The molecule has 2 aromatic rings. The van der Waals surface area contributed by atoms with Crippen molar-refractivity contribution in [2.45, 2.75) is 13.5 Å². The van der Waals surface area contributed by atoms with Crippen LogP contribution >= 0.6 is 0 Å². The van der Waals surface area contributed by atoms with Crippen molar-refractivity contribution in [2.24, 2.45) is 7.05 Å². The van der Waals surface area contributed by atoms with Gasteiger partial charge in [-0.05, 0) is 30.7 Å². The molecule has 0 unspecified atom stereocenters. The molecule has 17 heavy (non-hydrogen) atoms. The first-order valence-electron chi connectivity index (χ1n) is 5.72. The first-order chi connectivity index (χ1) is 8.29. The van der Waals surface area contributed by atoms with Crippen LogP contribution < -0.4 is 10.1 Å². The molecule has 2 rings (SSSR count). The molecular formula is C13H17N3O. The maximum atomic E-state index is 5.45. The highest BCUT2D eigenvalue weighted by atomic mass is 16.5. The van der Waals surface area contributed by atoms with Crippen LogP contribution in [0.3, 0.4) is 0 Å². The molecule has 0 amide bonds. The van der Waals surface area contributed by atoms with E-state index in [0.717, 1.165) is 12.2 Å². The average molecular weight is 231 g/mol. The van der Waals surface area contributed by atoms with Crippen molar-refractivity contribution in [3.8, 4) is 5.88 Å². The molecule has 0 bridgehead atoms. The number of anilines is 1. The molecule has 2 aromatic heterocycles. The van der Waals surface area contributed by atoms with E-state index in [-0.39, 0.29) is 0 Å². The second-order valence-corrected chi connectivity index (χ2v) is 3.83. The monoisotopic (exact) mass is 231 g/mol. The topological polar surface area (TPSA) is 39.1 Å². The summed E-state index contributed by atoms with van der Waals surface area (Å²) in [5.41, 5.74) is 2.16. The van der Waals surface area contributed by atoms with Gasteiger partial charge in [0.1, 0.15) is 0 Å². The van der Waals surface area contributed by atoms with Gasteiger partial charge in [0.25, 0.3) is 0 Å². The maximum Gasteiger partial charge on any atom is 0.237 e. The molecule has 4 nitrogen and oxygen atoms in total. The van der Waals surface area contributed by atoms with Gasteiger partial charge < -0.3 is 14.6 Å². The molecule has 0 saturated heterocycles. The summed E-state index contributed by atoms with van der Waals surface area (Å²) >= 11 is 0. The summed E-state index contributed by atoms with van der Waals surface area (Å²) in [5.74, 6) is 0.658. The number of hydrogen-bond acceptors (Lipinski definition) is 3. The van der Waals surface area contributed by atoms with Crippen LogP contribution in [0.1, 0.15) is 12.5 Å². The minimum absolute atomic E-state index is 0.622. The Morgan fingerprint density at radius 3 is 3.00 bits per heavy atom. The second kappa shape index (κ2) is 5.39. The highest BCUT2D eigenvalue weighted by Gasteiger charge is 2.03. The molecule has 2 heterocycles. The molecular weight excluding hydrogens is 214 g/mol. The summed E-state index contributed by atoms with van der Waals surface area (Å²) in [6.45, 7) is 3.35. The highest BCUT2D eigenvalue weighted by Crippen LogP contribution is 2.21. The summed E-state index contributed by atoms with van der Waals surface area (Å²) < 4.78 is 7.48. The predicted octanol–water partition coefficient (Wildman–Crippen LogP) is 2.43. The van der Waals surface area contributed by atoms with Crippen molar-refractivity contribution < 1.29 is 4.74 Å². The molecule has 0 atom stereocenters. The minimum Gasteiger partial charge on any atom is -0.476 e. The van der Waals surface area contributed by atoms with Crippen LogP contribution in [0.5, 0.6) is 5.88 Å². The first-order valence-corrected chi connectivity index (χ1v) is 5.72. The van der Waals surface area contributed by atoms with Crippen LogP contribution in [0.25, 0.3) is 0 Å². The Morgan fingerprint density at radius 1 is 1.41 bits per heavy atom. The van der Waals surface area contributed by atoms with Crippen LogP contribution in [0.2, 0.25) is 0 Å². The van der Waals surface area contributed by atoms with Crippen LogP contribution in [-0.4, -0.2) is 16.2 Å². The number of nitrogens with zero attached hydrogens (tertiary/aromatic N) is 2. The van der Waals surface area contributed by atoms with Crippen molar-refractivity contribution in [1.29, 1.82) is 0 Å². The van der Waals surface area contributed by atoms with Gasteiger partial charge in [0.2, 0.25) is 5.88 Å². The first kappa shape index (κ1) is 11.5. The van der Waals surface area contributed by atoms with Gasteiger partial charge in [-0.15, -0.1) is 0 Å². The van der Waals surface area contributed by atoms with Crippen molar-refractivity contribution in [3.63, 3.8) is 0 Å². The normalized spacial score (nSPS) is 10.2. The standard InChI is InChI=1S/C13H17N3O/c1-3-17-13-12(5-4-7-14-13)15-9-11-6-8-16(2)10-11/h4-8,10,15H,3,9H2,1-2H3.